The lowest BCUT2D eigenvalue weighted by Gasteiger charge is -2.32. The fourth-order valence-corrected chi connectivity index (χ4v) is 2.66. The summed E-state index contributed by atoms with van der Waals surface area (Å²) >= 11 is 3.34. The Hall–Kier alpha value is -0.870. The minimum Gasteiger partial charge on any atom is -0.481 e. The number of benzene rings is 1. The van der Waals surface area contributed by atoms with Crippen molar-refractivity contribution in [3.8, 4) is 0 Å². The van der Waals surface area contributed by atoms with E-state index in [1.807, 2.05) is 38.1 Å². The molecule has 2 unspecified atom stereocenters. The summed E-state index contributed by atoms with van der Waals surface area (Å²) in [5, 5.41) is 19.7. The smallest absolute Gasteiger partial charge is 0.309 e. The van der Waals surface area contributed by atoms with Gasteiger partial charge in [0.05, 0.1) is 11.5 Å². The Balaban J connectivity index is 2.91. The third-order valence-corrected chi connectivity index (χ3v) is 3.61. The van der Waals surface area contributed by atoms with E-state index >= 15 is 0 Å². The third-order valence-electron chi connectivity index (χ3n) is 3.08. The summed E-state index contributed by atoms with van der Waals surface area (Å²) < 4.78 is 0.963. The lowest BCUT2D eigenvalue weighted by atomic mass is 9.77. The second-order valence-electron chi connectivity index (χ2n) is 5.22. The first kappa shape index (κ1) is 15.2. The molecule has 1 aromatic rings. The summed E-state index contributed by atoms with van der Waals surface area (Å²) in [7, 11) is 0. The molecule has 0 aliphatic heterocycles. The van der Waals surface area contributed by atoms with Crippen molar-refractivity contribution >= 4 is 21.9 Å². The van der Waals surface area contributed by atoms with Crippen molar-refractivity contribution in [3.63, 3.8) is 0 Å². The van der Waals surface area contributed by atoms with Gasteiger partial charge in [-0.3, -0.25) is 4.79 Å². The number of hydrogen-bond donors (Lipinski definition) is 2. The van der Waals surface area contributed by atoms with Crippen molar-refractivity contribution in [2.75, 3.05) is 0 Å². The predicted octanol–water partition coefficient (Wildman–Crippen LogP) is 3.10. The van der Waals surface area contributed by atoms with Crippen LogP contribution in [0.5, 0.6) is 0 Å². The molecule has 4 heteroatoms. The van der Waals surface area contributed by atoms with Crippen molar-refractivity contribution < 1.29 is 15.0 Å². The highest BCUT2D eigenvalue weighted by atomic mass is 79.9. The monoisotopic (exact) mass is 314 g/mol. The Kier molecular flexibility index (Phi) is 4.93. The summed E-state index contributed by atoms with van der Waals surface area (Å²) in [5.74, 6) is -1.85. The van der Waals surface area contributed by atoms with Crippen LogP contribution >= 0.6 is 15.9 Å². The molecule has 0 spiro atoms. The van der Waals surface area contributed by atoms with E-state index < -0.39 is 17.5 Å². The van der Waals surface area contributed by atoms with Gasteiger partial charge in [0, 0.05) is 10.9 Å². The van der Waals surface area contributed by atoms with Gasteiger partial charge in [0.15, 0.2) is 0 Å². The van der Waals surface area contributed by atoms with Crippen LogP contribution in [0.3, 0.4) is 0 Å². The number of rotatable bonds is 5. The van der Waals surface area contributed by atoms with Crippen molar-refractivity contribution in [1.82, 2.24) is 0 Å². The number of aliphatic carboxylic acids is 1. The van der Waals surface area contributed by atoms with Gasteiger partial charge in [-0.2, -0.15) is 0 Å². The van der Waals surface area contributed by atoms with Crippen molar-refractivity contribution in [1.29, 1.82) is 0 Å². The fraction of sp³-hybridized carbons (Fsp3) is 0.500. The molecule has 0 fully saturated rings. The molecular weight excluding hydrogens is 296 g/mol. The van der Waals surface area contributed by atoms with E-state index in [1.54, 1.807) is 6.92 Å². The maximum absolute atomic E-state index is 11.3. The molecular formula is C14H19BrO3. The van der Waals surface area contributed by atoms with E-state index in [0.29, 0.717) is 6.42 Å². The highest BCUT2D eigenvalue weighted by Gasteiger charge is 2.39. The average molecular weight is 315 g/mol. The highest BCUT2D eigenvalue weighted by molar-refractivity contribution is 9.10. The van der Waals surface area contributed by atoms with Crippen LogP contribution < -0.4 is 0 Å². The Labute approximate surface area is 116 Å². The normalized spacial score (nSPS) is 16.3. The van der Waals surface area contributed by atoms with Crippen LogP contribution in [-0.4, -0.2) is 21.8 Å². The minimum atomic E-state index is -1.26. The Morgan fingerprint density at radius 2 is 1.83 bits per heavy atom. The first-order chi connectivity index (χ1) is 8.24. The first-order valence-corrected chi connectivity index (χ1v) is 6.73. The maximum Gasteiger partial charge on any atom is 0.309 e. The third kappa shape index (κ3) is 3.82. The first-order valence-electron chi connectivity index (χ1n) is 5.93. The lowest BCUT2D eigenvalue weighted by Crippen LogP contribution is -2.44. The molecule has 3 nitrogen and oxygen atoms in total. The molecule has 1 rings (SSSR count). The minimum absolute atomic E-state index is 0.118. The van der Waals surface area contributed by atoms with Gasteiger partial charge in [-0.25, -0.2) is 0 Å². The van der Waals surface area contributed by atoms with E-state index in [9.17, 15) is 15.0 Å². The van der Waals surface area contributed by atoms with Gasteiger partial charge < -0.3 is 10.2 Å². The molecule has 0 aliphatic carbocycles. The second kappa shape index (κ2) is 5.85. The van der Waals surface area contributed by atoms with Crippen LogP contribution in [0.1, 0.15) is 26.3 Å². The number of carboxylic acids is 1. The summed E-state index contributed by atoms with van der Waals surface area (Å²) in [6, 6.07) is 7.54. The van der Waals surface area contributed by atoms with E-state index in [2.05, 4.69) is 15.9 Å². The number of hydrogen-bond acceptors (Lipinski definition) is 2. The largest absolute Gasteiger partial charge is 0.481 e. The maximum atomic E-state index is 11.3. The van der Waals surface area contributed by atoms with Crippen LogP contribution in [0.15, 0.2) is 28.7 Å². The van der Waals surface area contributed by atoms with Gasteiger partial charge >= 0.3 is 5.97 Å². The van der Waals surface area contributed by atoms with Gasteiger partial charge in [-0.15, -0.1) is 0 Å². The van der Waals surface area contributed by atoms with E-state index in [4.69, 9.17) is 0 Å². The van der Waals surface area contributed by atoms with Crippen molar-refractivity contribution in [2.45, 2.75) is 32.8 Å². The van der Waals surface area contributed by atoms with E-state index in [1.165, 1.54) is 0 Å². The zero-order chi connectivity index (χ0) is 13.9. The Bertz CT molecular complexity index is 410. The number of halogens is 1. The highest BCUT2D eigenvalue weighted by Crippen LogP contribution is 2.29. The molecule has 0 aromatic heterocycles. The number of aliphatic hydroxyl groups is 1. The number of carbonyl (C=O) groups is 1. The van der Waals surface area contributed by atoms with Crippen LogP contribution in [0, 0.1) is 11.8 Å². The topological polar surface area (TPSA) is 57.5 Å². The average Bonchev–Trinajstić information content (AvgIpc) is 2.19. The lowest BCUT2D eigenvalue weighted by molar-refractivity contribution is -0.154. The number of carboxylic acid groups (broad SMARTS) is 1. The fourth-order valence-electron chi connectivity index (χ4n) is 2.39. The molecule has 0 aliphatic rings. The predicted molar refractivity (Wildman–Crippen MR) is 74.4 cm³/mol. The molecule has 18 heavy (non-hydrogen) atoms. The molecule has 100 valence electrons. The van der Waals surface area contributed by atoms with Crippen molar-refractivity contribution in [3.05, 3.63) is 34.3 Å². The van der Waals surface area contributed by atoms with Gasteiger partial charge in [0.2, 0.25) is 0 Å². The van der Waals surface area contributed by atoms with Gasteiger partial charge in [-0.1, -0.05) is 41.9 Å². The molecule has 1 aromatic carbocycles. The van der Waals surface area contributed by atoms with E-state index in [-0.39, 0.29) is 5.92 Å². The quantitative estimate of drug-likeness (QED) is 0.878. The Morgan fingerprint density at radius 3 is 2.22 bits per heavy atom. The van der Waals surface area contributed by atoms with Crippen molar-refractivity contribution in [2.24, 2.45) is 11.8 Å². The summed E-state index contributed by atoms with van der Waals surface area (Å²) in [4.78, 5) is 11.3. The molecule has 2 atom stereocenters. The van der Waals surface area contributed by atoms with E-state index in [0.717, 1.165) is 10.0 Å². The summed E-state index contributed by atoms with van der Waals surface area (Å²) in [6.07, 6.45) is 0.329. The SMILES string of the molecule is CC(C)C(C(=O)O)C(C)(O)Cc1ccc(Br)cc1. The zero-order valence-electron chi connectivity index (χ0n) is 10.9. The molecule has 0 amide bonds. The molecule has 0 saturated heterocycles. The standard InChI is InChI=1S/C14H19BrO3/c1-9(2)12(13(16)17)14(3,18)8-10-4-6-11(15)7-5-10/h4-7,9,12,18H,8H2,1-3H3,(H,16,17). The van der Waals surface area contributed by atoms with Crippen LogP contribution in [0.2, 0.25) is 0 Å². The van der Waals surface area contributed by atoms with Gasteiger partial charge in [0.25, 0.3) is 0 Å². The molecule has 0 heterocycles. The second-order valence-corrected chi connectivity index (χ2v) is 6.14. The molecule has 0 radical (unpaired) electrons. The molecule has 2 N–H and O–H groups in total. The van der Waals surface area contributed by atoms with Crippen LogP contribution in [0.25, 0.3) is 0 Å². The summed E-state index contributed by atoms with van der Waals surface area (Å²) in [5.41, 5.74) is -0.330. The Morgan fingerprint density at radius 1 is 1.33 bits per heavy atom. The van der Waals surface area contributed by atoms with Crippen LogP contribution in [-0.2, 0) is 11.2 Å². The zero-order valence-corrected chi connectivity index (χ0v) is 12.4. The van der Waals surface area contributed by atoms with Gasteiger partial charge in [-0.05, 0) is 30.5 Å². The summed E-state index contributed by atoms with van der Waals surface area (Å²) in [6.45, 7) is 5.22. The molecule has 0 bridgehead atoms. The van der Waals surface area contributed by atoms with Crippen LogP contribution in [0.4, 0.5) is 0 Å². The molecule has 0 saturated carbocycles. The van der Waals surface area contributed by atoms with Gasteiger partial charge in [0.1, 0.15) is 0 Å².